The van der Waals surface area contributed by atoms with Crippen molar-refractivity contribution in [3.05, 3.63) is 29.8 Å². The SMILES string of the molecule is CSCC[C@@H](NS(=O)(=O)c1ccc(C)cc1)C(=O)N1CCN(C[C@@H]2CCCO2)CC1. The van der Waals surface area contributed by atoms with Gasteiger partial charge in [-0.1, -0.05) is 17.7 Å². The first-order valence-electron chi connectivity index (χ1n) is 10.6. The zero-order valence-electron chi connectivity index (χ0n) is 17.9. The molecule has 0 saturated carbocycles. The Kier molecular flexibility index (Phi) is 8.59. The van der Waals surface area contributed by atoms with Gasteiger partial charge in [0.1, 0.15) is 6.04 Å². The number of hydrogen-bond donors (Lipinski definition) is 1. The lowest BCUT2D eigenvalue weighted by molar-refractivity contribution is -0.135. The Morgan fingerprint density at radius 1 is 1.23 bits per heavy atom. The standard InChI is InChI=1S/C21H33N3O4S2/c1-17-5-7-19(8-6-17)30(26,27)22-20(9-15-29-2)21(25)24-12-10-23(11-13-24)16-18-4-3-14-28-18/h5-8,18,20,22H,3-4,9-16H2,1-2H3/t18-,20+/m0/s1. The fraction of sp³-hybridized carbons (Fsp3) is 0.667. The molecular weight excluding hydrogens is 422 g/mol. The van der Waals surface area contributed by atoms with Crippen molar-refractivity contribution in [3.8, 4) is 0 Å². The van der Waals surface area contributed by atoms with Crippen LogP contribution in [-0.2, 0) is 19.6 Å². The van der Waals surface area contributed by atoms with Gasteiger partial charge in [0.15, 0.2) is 0 Å². The van der Waals surface area contributed by atoms with Gasteiger partial charge in [-0.2, -0.15) is 16.5 Å². The highest BCUT2D eigenvalue weighted by Crippen LogP contribution is 2.17. The molecule has 168 valence electrons. The highest BCUT2D eigenvalue weighted by molar-refractivity contribution is 7.98. The van der Waals surface area contributed by atoms with Crippen molar-refractivity contribution in [2.45, 2.75) is 43.2 Å². The Labute approximate surface area is 184 Å². The third-order valence-corrected chi connectivity index (χ3v) is 7.84. The van der Waals surface area contributed by atoms with E-state index in [1.165, 1.54) is 0 Å². The summed E-state index contributed by atoms with van der Waals surface area (Å²) in [6, 6.07) is 5.95. The number of thioether (sulfide) groups is 1. The van der Waals surface area contributed by atoms with Crippen LogP contribution >= 0.6 is 11.8 Å². The Morgan fingerprint density at radius 2 is 1.93 bits per heavy atom. The zero-order chi connectivity index (χ0) is 21.6. The Bertz CT molecular complexity index is 787. The highest BCUT2D eigenvalue weighted by Gasteiger charge is 2.31. The molecule has 0 radical (unpaired) electrons. The monoisotopic (exact) mass is 455 g/mol. The molecule has 2 heterocycles. The summed E-state index contributed by atoms with van der Waals surface area (Å²) in [5, 5.41) is 0. The number of carbonyl (C=O) groups excluding carboxylic acids is 1. The molecule has 1 aromatic rings. The molecule has 1 aromatic carbocycles. The molecule has 1 amide bonds. The topological polar surface area (TPSA) is 79.0 Å². The maximum absolute atomic E-state index is 13.2. The molecule has 2 fully saturated rings. The molecule has 0 spiro atoms. The molecule has 30 heavy (non-hydrogen) atoms. The van der Waals surface area contributed by atoms with Crippen molar-refractivity contribution in [1.82, 2.24) is 14.5 Å². The van der Waals surface area contributed by atoms with E-state index in [1.807, 2.05) is 13.2 Å². The van der Waals surface area contributed by atoms with Crippen LogP contribution in [0.15, 0.2) is 29.2 Å². The number of nitrogens with one attached hydrogen (secondary N) is 1. The lowest BCUT2D eigenvalue weighted by Gasteiger charge is -2.37. The Hall–Kier alpha value is -1.13. The largest absolute Gasteiger partial charge is 0.377 e. The molecule has 2 saturated heterocycles. The van der Waals surface area contributed by atoms with Gasteiger partial charge in [-0.05, 0) is 50.3 Å². The van der Waals surface area contributed by atoms with Crippen LogP contribution in [0.25, 0.3) is 0 Å². The lowest BCUT2D eigenvalue weighted by Crippen LogP contribution is -2.55. The van der Waals surface area contributed by atoms with Crippen LogP contribution in [0.2, 0.25) is 0 Å². The van der Waals surface area contributed by atoms with Gasteiger partial charge < -0.3 is 9.64 Å². The van der Waals surface area contributed by atoms with E-state index < -0.39 is 16.1 Å². The summed E-state index contributed by atoms with van der Waals surface area (Å²) in [6.45, 7) is 6.50. The van der Waals surface area contributed by atoms with Crippen LogP contribution in [-0.4, -0.2) is 87.6 Å². The van der Waals surface area contributed by atoms with E-state index in [1.54, 1.807) is 40.9 Å². The molecule has 7 nitrogen and oxygen atoms in total. The van der Waals surface area contributed by atoms with Gasteiger partial charge in [-0.25, -0.2) is 8.42 Å². The number of sulfonamides is 1. The van der Waals surface area contributed by atoms with Gasteiger partial charge in [-0.3, -0.25) is 9.69 Å². The van der Waals surface area contributed by atoms with E-state index in [-0.39, 0.29) is 10.8 Å². The highest BCUT2D eigenvalue weighted by atomic mass is 32.2. The summed E-state index contributed by atoms with van der Waals surface area (Å²) in [7, 11) is -3.75. The van der Waals surface area contributed by atoms with Gasteiger partial charge in [0.05, 0.1) is 11.0 Å². The maximum Gasteiger partial charge on any atom is 0.241 e. The summed E-state index contributed by atoms with van der Waals surface area (Å²) < 4.78 is 34.1. The van der Waals surface area contributed by atoms with E-state index >= 15 is 0 Å². The molecule has 0 aromatic heterocycles. The van der Waals surface area contributed by atoms with Gasteiger partial charge in [0.2, 0.25) is 15.9 Å². The van der Waals surface area contributed by atoms with Crippen molar-refractivity contribution in [2.24, 2.45) is 0 Å². The van der Waals surface area contributed by atoms with E-state index in [4.69, 9.17) is 4.74 Å². The van der Waals surface area contributed by atoms with Crippen molar-refractivity contribution in [2.75, 3.05) is 51.3 Å². The Balaban J connectivity index is 1.60. The average Bonchev–Trinajstić information content (AvgIpc) is 3.24. The molecule has 2 aliphatic rings. The third kappa shape index (κ3) is 6.43. The van der Waals surface area contributed by atoms with Gasteiger partial charge >= 0.3 is 0 Å². The summed E-state index contributed by atoms with van der Waals surface area (Å²) in [5.74, 6) is 0.586. The van der Waals surface area contributed by atoms with Crippen LogP contribution in [0.3, 0.4) is 0 Å². The first-order chi connectivity index (χ1) is 14.4. The van der Waals surface area contributed by atoms with Crippen LogP contribution in [0.1, 0.15) is 24.8 Å². The van der Waals surface area contributed by atoms with Crippen molar-refractivity contribution >= 4 is 27.7 Å². The second-order valence-corrected chi connectivity index (χ2v) is 10.7. The molecule has 9 heteroatoms. The minimum absolute atomic E-state index is 0.128. The van der Waals surface area contributed by atoms with Crippen molar-refractivity contribution < 1.29 is 17.9 Å². The fourth-order valence-electron chi connectivity index (χ4n) is 3.89. The van der Waals surface area contributed by atoms with E-state index in [9.17, 15) is 13.2 Å². The van der Waals surface area contributed by atoms with E-state index in [0.717, 1.165) is 44.6 Å². The second kappa shape index (κ2) is 10.9. The van der Waals surface area contributed by atoms with E-state index in [2.05, 4.69) is 9.62 Å². The summed E-state index contributed by atoms with van der Waals surface area (Å²) in [6.07, 6.45) is 4.97. The molecule has 0 bridgehead atoms. The molecule has 0 unspecified atom stereocenters. The van der Waals surface area contributed by atoms with Crippen LogP contribution in [0.4, 0.5) is 0 Å². The maximum atomic E-state index is 13.2. The third-order valence-electron chi connectivity index (χ3n) is 5.71. The van der Waals surface area contributed by atoms with Gasteiger partial charge in [0, 0.05) is 39.3 Å². The number of aryl methyl sites for hydroxylation is 1. The average molecular weight is 456 g/mol. The number of ether oxygens (including phenoxy) is 1. The quantitative estimate of drug-likeness (QED) is 0.611. The molecule has 3 rings (SSSR count). The number of amides is 1. The van der Waals surface area contributed by atoms with Crippen LogP contribution in [0.5, 0.6) is 0 Å². The first kappa shape index (κ1) is 23.5. The molecular formula is C21H33N3O4S2. The summed E-state index contributed by atoms with van der Waals surface area (Å²) in [4.78, 5) is 17.5. The zero-order valence-corrected chi connectivity index (χ0v) is 19.5. The number of benzene rings is 1. The number of carbonyl (C=O) groups is 1. The van der Waals surface area contributed by atoms with Crippen LogP contribution in [0, 0.1) is 6.92 Å². The predicted molar refractivity (Wildman–Crippen MR) is 120 cm³/mol. The Morgan fingerprint density at radius 3 is 2.53 bits per heavy atom. The fourth-order valence-corrected chi connectivity index (χ4v) is 5.58. The molecule has 2 aliphatic heterocycles. The van der Waals surface area contributed by atoms with Crippen molar-refractivity contribution in [3.63, 3.8) is 0 Å². The second-order valence-electron chi connectivity index (χ2n) is 8.03. The number of piperazine rings is 1. The van der Waals surface area contributed by atoms with Crippen molar-refractivity contribution in [1.29, 1.82) is 0 Å². The smallest absolute Gasteiger partial charge is 0.241 e. The summed E-state index contributed by atoms with van der Waals surface area (Å²) in [5.41, 5.74) is 0.991. The molecule has 0 aliphatic carbocycles. The van der Waals surface area contributed by atoms with Gasteiger partial charge in [-0.15, -0.1) is 0 Å². The summed E-state index contributed by atoms with van der Waals surface area (Å²) >= 11 is 1.61. The number of nitrogens with zero attached hydrogens (tertiary/aromatic N) is 2. The minimum atomic E-state index is -3.75. The van der Waals surface area contributed by atoms with Gasteiger partial charge in [0.25, 0.3) is 0 Å². The molecule has 2 atom stereocenters. The normalized spacial score (nSPS) is 21.7. The minimum Gasteiger partial charge on any atom is -0.377 e. The number of hydrogen-bond acceptors (Lipinski definition) is 6. The first-order valence-corrected chi connectivity index (χ1v) is 13.5. The predicted octanol–water partition coefficient (Wildman–Crippen LogP) is 1.72. The number of rotatable bonds is 9. The lowest BCUT2D eigenvalue weighted by atomic mass is 10.1. The van der Waals surface area contributed by atoms with E-state index in [0.29, 0.717) is 31.4 Å². The van der Waals surface area contributed by atoms with Crippen LogP contribution < -0.4 is 4.72 Å². The molecule has 1 N–H and O–H groups in total.